The summed E-state index contributed by atoms with van der Waals surface area (Å²) in [5.41, 5.74) is 0. The maximum atomic E-state index is 9.71. The molecule has 0 aromatic rings. The summed E-state index contributed by atoms with van der Waals surface area (Å²) in [6.45, 7) is 3.61. The minimum Gasteiger partial charge on any atom is -0.395 e. The fraction of sp³-hybridized carbons (Fsp3) is 1.00. The Morgan fingerprint density at radius 3 is 2.35 bits per heavy atom. The third kappa shape index (κ3) is 10.6. The monoisotopic (exact) mass is 251 g/mol. The van der Waals surface area contributed by atoms with Crippen molar-refractivity contribution in [3.05, 3.63) is 0 Å². The van der Waals surface area contributed by atoms with Crippen molar-refractivity contribution >= 4 is 0 Å². The second kappa shape index (κ2) is 12.2. The number of ether oxygens (including phenoxy) is 3. The Morgan fingerprint density at radius 1 is 1.06 bits per heavy atom. The molecule has 0 aliphatic rings. The Hall–Kier alpha value is -0.240. The van der Waals surface area contributed by atoms with Crippen molar-refractivity contribution in [2.45, 2.75) is 6.10 Å². The Labute approximate surface area is 103 Å². The van der Waals surface area contributed by atoms with Gasteiger partial charge in [-0.2, -0.15) is 0 Å². The molecular formula is C11H25NO5. The van der Waals surface area contributed by atoms with Gasteiger partial charge in [0.15, 0.2) is 0 Å². The molecule has 6 heteroatoms. The topological polar surface area (TPSA) is 71.4 Å². The van der Waals surface area contributed by atoms with E-state index in [2.05, 4.69) is 0 Å². The van der Waals surface area contributed by atoms with Gasteiger partial charge in [-0.3, -0.25) is 4.90 Å². The fourth-order valence-electron chi connectivity index (χ4n) is 1.37. The number of rotatable bonds is 12. The smallest absolute Gasteiger partial charge is 0.0900 e. The predicted octanol–water partition coefficient (Wildman–Crippen LogP) is -1.05. The average Bonchev–Trinajstić information content (AvgIpc) is 2.32. The molecule has 104 valence electrons. The van der Waals surface area contributed by atoms with Crippen LogP contribution in [0.15, 0.2) is 0 Å². The molecular weight excluding hydrogens is 226 g/mol. The zero-order valence-electron chi connectivity index (χ0n) is 10.8. The second-order valence-corrected chi connectivity index (χ2v) is 3.74. The first kappa shape index (κ1) is 16.8. The second-order valence-electron chi connectivity index (χ2n) is 3.74. The summed E-state index contributed by atoms with van der Waals surface area (Å²) < 4.78 is 15.0. The Bertz CT molecular complexity index is 159. The van der Waals surface area contributed by atoms with Gasteiger partial charge in [0.05, 0.1) is 39.1 Å². The van der Waals surface area contributed by atoms with E-state index in [1.54, 1.807) is 14.2 Å². The van der Waals surface area contributed by atoms with E-state index >= 15 is 0 Å². The molecule has 0 spiro atoms. The Kier molecular flexibility index (Phi) is 12.1. The molecule has 0 saturated heterocycles. The number of aliphatic hydroxyl groups excluding tert-OH is 2. The summed E-state index contributed by atoms with van der Waals surface area (Å²) in [6.07, 6.45) is -0.560. The molecule has 0 bridgehead atoms. The largest absolute Gasteiger partial charge is 0.395 e. The highest BCUT2D eigenvalue weighted by Crippen LogP contribution is 1.94. The number of hydrogen-bond acceptors (Lipinski definition) is 6. The summed E-state index contributed by atoms with van der Waals surface area (Å²) in [5.74, 6) is 0. The van der Waals surface area contributed by atoms with Gasteiger partial charge in [-0.1, -0.05) is 0 Å². The predicted molar refractivity (Wildman–Crippen MR) is 64.1 cm³/mol. The van der Waals surface area contributed by atoms with E-state index in [0.717, 1.165) is 0 Å². The van der Waals surface area contributed by atoms with Gasteiger partial charge < -0.3 is 24.4 Å². The van der Waals surface area contributed by atoms with Gasteiger partial charge in [-0.05, 0) is 0 Å². The number of aliphatic hydroxyl groups is 2. The van der Waals surface area contributed by atoms with Crippen molar-refractivity contribution in [3.8, 4) is 0 Å². The minimum atomic E-state index is -0.560. The van der Waals surface area contributed by atoms with E-state index in [1.807, 2.05) is 4.90 Å². The van der Waals surface area contributed by atoms with Crippen LogP contribution in [-0.4, -0.2) is 88.1 Å². The zero-order valence-corrected chi connectivity index (χ0v) is 10.8. The molecule has 0 aliphatic heterocycles. The number of methoxy groups -OCH3 is 2. The molecule has 0 aliphatic carbocycles. The van der Waals surface area contributed by atoms with Gasteiger partial charge in [0.1, 0.15) is 0 Å². The van der Waals surface area contributed by atoms with E-state index in [1.165, 1.54) is 0 Å². The molecule has 17 heavy (non-hydrogen) atoms. The molecule has 0 fully saturated rings. The normalized spacial score (nSPS) is 13.2. The molecule has 6 nitrogen and oxygen atoms in total. The third-order valence-electron chi connectivity index (χ3n) is 2.24. The standard InChI is InChI=1S/C11H25NO5/c1-15-6-4-12(3-5-13)9-11(14)10-17-8-7-16-2/h11,13-14H,3-10H2,1-2H3. The first-order valence-electron chi connectivity index (χ1n) is 5.81. The van der Waals surface area contributed by atoms with Crippen LogP contribution in [0.25, 0.3) is 0 Å². The lowest BCUT2D eigenvalue weighted by Crippen LogP contribution is -2.38. The zero-order chi connectivity index (χ0) is 12.9. The van der Waals surface area contributed by atoms with Crippen LogP contribution >= 0.6 is 0 Å². The van der Waals surface area contributed by atoms with Crippen molar-refractivity contribution in [3.63, 3.8) is 0 Å². The van der Waals surface area contributed by atoms with Crippen LogP contribution in [0.4, 0.5) is 0 Å². The van der Waals surface area contributed by atoms with E-state index in [0.29, 0.717) is 39.5 Å². The van der Waals surface area contributed by atoms with Crippen molar-refractivity contribution in [1.82, 2.24) is 4.90 Å². The Balaban J connectivity index is 3.66. The van der Waals surface area contributed by atoms with E-state index in [-0.39, 0.29) is 13.2 Å². The first-order chi connectivity index (χ1) is 8.24. The van der Waals surface area contributed by atoms with Crippen molar-refractivity contribution in [2.75, 3.05) is 66.9 Å². The van der Waals surface area contributed by atoms with Crippen molar-refractivity contribution < 1.29 is 24.4 Å². The summed E-state index contributed by atoms with van der Waals surface area (Å²) in [7, 11) is 3.23. The van der Waals surface area contributed by atoms with Gasteiger partial charge in [0.25, 0.3) is 0 Å². The molecule has 0 amide bonds. The van der Waals surface area contributed by atoms with Crippen molar-refractivity contribution in [2.24, 2.45) is 0 Å². The molecule has 0 aromatic heterocycles. The summed E-state index contributed by atoms with van der Waals surface area (Å²) >= 11 is 0. The summed E-state index contributed by atoms with van der Waals surface area (Å²) in [5, 5.41) is 18.6. The fourth-order valence-corrected chi connectivity index (χ4v) is 1.37. The molecule has 2 N–H and O–H groups in total. The first-order valence-corrected chi connectivity index (χ1v) is 5.81. The highest BCUT2D eigenvalue weighted by atomic mass is 16.5. The van der Waals surface area contributed by atoms with Crippen LogP contribution in [0.1, 0.15) is 0 Å². The van der Waals surface area contributed by atoms with Crippen LogP contribution in [0.2, 0.25) is 0 Å². The van der Waals surface area contributed by atoms with Crippen LogP contribution in [-0.2, 0) is 14.2 Å². The van der Waals surface area contributed by atoms with Gasteiger partial charge in [0.2, 0.25) is 0 Å². The molecule has 0 saturated carbocycles. The Morgan fingerprint density at radius 2 is 1.76 bits per heavy atom. The van der Waals surface area contributed by atoms with Gasteiger partial charge in [-0.15, -0.1) is 0 Å². The maximum Gasteiger partial charge on any atom is 0.0900 e. The molecule has 0 heterocycles. The summed E-state index contributed by atoms with van der Waals surface area (Å²) in [4.78, 5) is 1.94. The molecule has 0 rings (SSSR count). The molecule has 0 radical (unpaired) electrons. The third-order valence-corrected chi connectivity index (χ3v) is 2.24. The maximum absolute atomic E-state index is 9.71. The lowest BCUT2D eigenvalue weighted by molar-refractivity contribution is -0.00496. The highest BCUT2D eigenvalue weighted by molar-refractivity contribution is 4.64. The van der Waals surface area contributed by atoms with Crippen molar-refractivity contribution in [1.29, 1.82) is 0 Å². The lowest BCUT2D eigenvalue weighted by atomic mass is 10.3. The van der Waals surface area contributed by atoms with Gasteiger partial charge >= 0.3 is 0 Å². The van der Waals surface area contributed by atoms with Crippen LogP contribution in [0.5, 0.6) is 0 Å². The highest BCUT2D eigenvalue weighted by Gasteiger charge is 2.11. The minimum absolute atomic E-state index is 0.0704. The van der Waals surface area contributed by atoms with Gasteiger partial charge in [0, 0.05) is 33.9 Å². The summed E-state index contributed by atoms with van der Waals surface area (Å²) in [6, 6.07) is 0. The van der Waals surface area contributed by atoms with Crippen LogP contribution in [0.3, 0.4) is 0 Å². The van der Waals surface area contributed by atoms with E-state index < -0.39 is 6.10 Å². The SMILES string of the molecule is COCCOCC(O)CN(CCO)CCOC. The van der Waals surface area contributed by atoms with E-state index in [4.69, 9.17) is 19.3 Å². The lowest BCUT2D eigenvalue weighted by Gasteiger charge is -2.23. The quantitative estimate of drug-likeness (QED) is 0.431. The van der Waals surface area contributed by atoms with E-state index in [9.17, 15) is 5.11 Å². The number of hydrogen-bond donors (Lipinski definition) is 2. The average molecular weight is 251 g/mol. The molecule has 1 unspecified atom stereocenters. The van der Waals surface area contributed by atoms with Crippen LogP contribution in [0, 0.1) is 0 Å². The molecule has 0 aromatic carbocycles. The molecule has 1 atom stereocenters. The number of nitrogens with zero attached hydrogens (tertiary/aromatic N) is 1. The van der Waals surface area contributed by atoms with Gasteiger partial charge in [-0.25, -0.2) is 0 Å². The van der Waals surface area contributed by atoms with Crippen LogP contribution < -0.4 is 0 Å².